The molecule has 0 saturated heterocycles. The van der Waals surface area contributed by atoms with E-state index in [0.717, 1.165) is 10.7 Å². The van der Waals surface area contributed by atoms with Crippen LogP contribution in [0, 0.1) is 6.92 Å². The lowest BCUT2D eigenvalue weighted by Gasteiger charge is -2.07. The molecule has 1 aromatic carbocycles. The summed E-state index contributed by atoms with van der Waals surface area (Å²) in [6, 6.07) is 6.03. The molecule has 0 spiro atoms. The standard InChI is InChI=1S/C14H17N3O3S2/c1-10-9-21-14(16-10)7-8-15-22(19,20)13-5-3-12(4-6-13)17-11(2)18/h3-6,9,15H,7-8H2,1-2H3,(H,17,18). The van der Waals surface area contributed by atoms with Crippen LogP contribution in [0.3, 0.4) is 0 Å². The molecule has 22 heavy (non-hydrogen) atoms. The van der Waals surface area contributed by atoms with E-state index in [1.54, 1.807) is 12.1 Å². The topological polar surface area (TPSA) is 88.2 Å². The Kier molecular flexibility index (Phi) is 5.28. The first kappa shape index (κ1) is 16.6. The van der Waals surface area contributed by atoms with Gasteiger partial charge in [-0.05, 0) is 31.2 Å². The van der Waals surface area contributed by atoms with E-state index in [1.807, 2.05) is 12.3 Å². The van der Waals surface area contributed by atoms with Crippen molar-refractivity contribution in [1.29, 1.82) is 0 Å². The summed E-state index contributed by atoms with van der Waals surface area (Å²) in [5.74, 6) is -0.201. The maximum atomic E-state index is 12.1. The van der Waals surface area contributed by atoms with Gasteiger partial charge in [0.05, 0.1) is 9.90 Å². The number of rotatable bonds is 6. The minimum absolute atomic E-state index is 0.164. The van der Waals surface area contributed by atoms with Crippen LogP contribution in [-0.2, 0) is 21.2 Å². The second kappa shape index (κ2) is 6.99. The van der Waals surface area contributed by atoms with Crippen molar-refractivity contribution in [2.24, 2.45) is 0 Å². The molecule has 2 N–H and O–H groups in total. The lowest BCUT2D eigenvalue weighted by atomic mass is 10.3. The summed E-state index contributed by atoms with van der Waals surface area (Å²) < 4.78 is 26.8. The lowest BCUT2D eigenvalue weighted by molar-refractivity contribution is -0.114. The number of carbonyl (C=O) groups is 1. The normalized spacial score (nSPS) is 11.4. The molecule has 0 aliphatic rings. The van der Waals surface area contributed by atoms with Gasteiger partial charge in [0.25, 0.3) is 0 Å². The van der Waals surface area contributed by atoms with Gasteiger partial charge in [0.15, 0.2) is 0 Å². The molecule has 0 atom stereocenters. The number of carbonyl (C=O) groups excluding carboxylic acids is 1. The number of aromatic nitrogens is 1. The molecule has 1 heterocycles. The SMILES string of the molecule is CC(=O)Nc1ccc(S(=O)(=O)NCCc2nc(C)cs2)cc1. The quantitative estimate of drug-likeness (QED) is 0.842. The van der Waals surface area contributed by atoms with Crippen molar-refractivity contribution < 1.29 is 13.2 Å². The second-order valence-corrected chi connectivity index (χ2v) is 7.45. The van der Waals surface area contributed by atoms with Gasteiger partial charge in [0.1, 0.15) is 0 Å². The molecule has 0 saturated carbocycles. The molecule has 1 amide bonds. The Morgan fingerprint density at radius 1 is 1.27 bits per heavy atom. The molecular formula is C14H17N3O3S2. The van der Waals surface area contributed by atoms with Crippen LogP contribution in [0.25, 0.3) is 0 Å². The van der Waals surface area contributed by atoms with Crippen molar-refractivity contribution in [1.82, 2.24) is 9.71 Å². The van der Waals surface area contributed by atoms with Crippen molar-refractivity contribution >= 4 is 33.0 Å². The molecule has 0 radical (unpaired) electrons. The van der Waals surface area contributed by atoms with Crippen LogP contribution in [0.1, 0.15) is 17.6 Å². The van der Waals surface area contributed by atoms with Crippen LogP contribution in [0.2, 0.25) is 0 Å². The minimum atomic E-state index is -3.55. The first-order valence-corrected chi connectivity index (χ1v) is 9.01. The average molecular weight is 339 g/mol. The molecular weight excluding hydrogens is 322 g/mol. The van der Waals surface area contributed by atoms with Crippen molar-refractivity contribution in [3.63, 3.8) is 0 Å². The highest BCUT2D eigenvalue weighted by Gasteiger charge is 2.13. The number of hydrogen-bond donors (Lipinski definition) is 2. The maximum Gasteiger partial charge on any atom is 0.240 e. The van der Waals surface area contributed by atoms with Crippen molar-refractivity contribution in [2.45, 2.75) is 25.2 Å². The van der Waals surface area contributed by atoms with Gasteiger partial charge in [0.2, 0.25) is 15.9 Å². The van der Waals surface area contributed by atoms with E-state index in [9.17, 15) is 13.2 Å². The monoisotopic (exact) mass is 339 g/mol. The smallest absolute Gasteiger partial charge is 0.240 e. The molecule has 0 unspecified atom stereocenters. The Balaban J connectivity index is 1.96. The number of sulfonamides is 1. The highest BCUT2D eigenvalue weighted by molar-refractivity contribution is 7.89. The summed E-state index contributed by atoms with van der Waals surface area (Å²) in [6.45, 7) is 3.59. The predicted octanol–water partition coefficient (Wildman–Crippen LogP) is 1.93. The van der Waals surface area contributed by atoms with Crippen LogP contribution >= 0.6 is 11.3 Å². The number of hydrogen-bond acceptors (Lipinski definition) is 5. The maximum absolute atomic E-state index is 12.1. The number of anilines is 1. The zero-order chi connectivity index (χ0) is 16.2. The van der Waals surface area contributed by atoms with Crippen molar-refractivity contribution in [3.05, 3.63) is 40.3 Å². The van der Waals surface area contributed by atoms with E-state index < -0.39 is 10.0 Å². The number of nitrogens with zero attached hydrogens (tertiary/aromatic N) is 1. The third-order valence-electron chi connectivity index (χ3n) is 2.78. The van der Waals surface area contributed by atoms with Gasteiger partial charge < -0.3 is 5.32 Å². The molecule has 0 aliphatic carbocycles. The largest absolute Gasteiger partial charge is 0.326 e. The molecule has 6 nitrogen and oxygen atoms in total. The summed E-state index contributed by atoms with van der Waals surface area (Å²) in [6.07, 6.45) is 0.557. The third-order valence-corrected chi connectivity index (χ3v) is 5.29. The fourth-order valence-corrected chi connectivity index (χ4v) is 3.62. The number of nitrogens with one attached hydrogen (secondary N) is 2. The van der Waals surface area contributed by atoms with Gasteiger partial charge in [-0.15, -0.1) is 11.3 Å². The Morgan fingerprint density at radius 3 is 2.50 bits per heavy atom. The fourth-order valence-electron chi connectivity index (χ4n) is 1.81. The van der Waals surface area contributed by atoms with Gasteiger partial charge in [-0.2, -0.15) is 0 Å². The Hall–Kier alpha value is -1.77. The first-order valence-electron chi connectivity index (χ1n) is 6.65. The number of aryl methyl sites for hydroxylation is 1. The minimum Gasteiger partial charge on any atom is -0.326 e. The first-order chi connectivity index (χ1) is 10.4. The van der Waals surface area contributed by atoms with Gasteiger partial charge in [0, 0.05) is 36.7 Å². The van der Waals surface area contributed by atoms with Gasteiger partial charge in [-0.3, -0.25) is 4.79 Å². The van der Waals surface area contributed by atoms with Gasteiger partial charge >= 0.3 is 0 Å². The van der Waals surface area contributed by atoms with E-state index in [-0.39, 0.29) is 10.8 Å². The van der Waals surface area contributed by atoms with Crippen LogP contribution in [0.5, 0.6) is 0 Å². The predicted molar refractivity (Wildman–Crippen MR) is 86.5 cm³/mol. The molecule has 0 bridgehead atoms. The average Bonchev–Trinajstić information content (AvgIpc) is 2.84. The third kappa shape index (κ3) is 4.62. The van der Waals surface area contributed by atoms with E-state index in [2.05, 4.69) is 15.0 Å². The van der Waals surface area contributed by atoms with E-state index in [1.165, 1.54) is 30.4 Å². The molecule has 2 aromatic rings. The molecule has 118 valence electrons. The van der Waals surface area contributed by atoms with E-state index in [0.29, 0.717) is 18.7 Å². The Morgan fingerprint density at radius 2 is 1.95 bits per heavy atom. The fraction of sp³-hybridized carbons (Fsp3) is 0.286. The van der Waals surface area contributed by atoms with E-state index >= 15 is 0 Å². The summed E-state index contributed by atoms with van der Waals surface area (Å²) in [5, 5.41) is 5.43. The van der Waals surface area contributed by atoms with Crippen LogP contribution in [0.15, 0.2) is 34.5 Å². The summed E-state index contributed by atoms with van der Waals surface area (Å²) in [4.78, 5) is 15.4. The molecule has 0 fully saturated rings. The lowest BCUT2D eigenvalue weighted by Crippen LogP contribution is -2.26. The van der Waals surface area contributed by atoms with Gasteiger partial charge in [-0.1, -0.05) is 0 Å². The summed E-state index contributed by atoms with van der Waals surface area (Å²) in [7, 11) is -3.55. The number of benzene rings is 1. The van der Waals surface area contributed by atoms with E-state index in [4.69, 9.17) is 0 Å². The molecule has 0 aliphatic heterocycles. The molecule has 1 aromatic heterocycles. The van der Waals surface area contributed by atoms with Crippen molar-refractivity contribution in [3.8, 4) is 0 Å². The Labute approximate surface area is 133 Å². The van der Waals surface area contributed by atoms with Gasteiger partial charge in [-0.25, -0.2) is 18.1 Å². The summed E-state index contributed by atoms with van der Waals surface area (Å²) in [5.41, 5.74) is 1.50. The zero-order valence-electron chi connectivity index (χ0n) is 12.3. The Bertz CT molecular complexity index is 752. The molecule has 2 rings (SSSR count). The second-order valence-electron chi connectivity index (χ2n) is 4.74. The van der Waals surface area contributed by atoms with Crippen LogP contribution in [0.4, 0.5) is 5.69 Å². The number of amides is 1. The van der Waals surface area contributed by atoms with Crippen molar-refractivity contribution in [2.75, 3.05) is 11.9 Å². The van der Waals surface area contributed by atoms with Crippen LogP contribution in [-0.4, -0.2) is 25.9 Å². The number of thiazole rings is 1. The highest BCUT2D eigenvalue weighted by Crippen LogP contribution is 2.14. The zero-order valence-corrected chi connectivity index (χ0v) is 13.9. The highest BCUT2D eigenvalue weighted by atomic mass is 32.2. The summed E-state index contributed by atoms with van der Waals surface area (Å²) >= 11 is 1.52. The van der Waals surface area contributed by atoms with Crippen LogP contribution < -0.4 is 10.0 Å². The molecule has 8 heteroatoms.